The summed E-state index contributed by atoms with van der Waals surface area (Å²) in [6.07, 6.45) is 1.32. The van der Waals surface area contributed by atoms with Gasteiger partial charge in [-0.15, -0.1) is 0 Å². The normalized spacial score (nSPS) is 11.4. The molecule has 0 saturated heterocycles. The van der Waals surface area contributed by atoms with Gasteiger partial charge in [0.2, 0.25) is 0 Å². The first-order valence-electron chi connectivity index (χ1n) is 1.75. The van der Waals surface area contributed by atoms with Gasteiger partial charge in [0.25, 0.3) is 0 Å². The fourth-order valence-electron chi connectivity index (χ4n) is 0.194. The van der Waals surface area contributed by atoms with Crippen LogP contribution >= 0.6 is 7.60 Å². The SMILES string of the molecule is CC=CP(=O)(O)O.[NaH]. The summed E-state index contributed by atoms with van der Waals surface area (Å²) >= 11 is 0. The molecule has 0 amide bonds. The van der Waals surface area contributed by atoms with Crippen molar-refractivity contribution in [3.63, 3.8) is 0 Å². The van der Waals surface area contributed by atoms with Crippen LogP contribution in [0.3, 0.4) is 0 Å². The molecule has 8 heavy (non-hydrogen) atoms. The Labute approximate surface area is 70.2 Å². The molecule has 0 heterocycles. The van der Waals surface area contributed by atoms with Crippen molar-refractivity contribution in [1.29, 1.82) is 0 Å². The molecule has 0 saturated carbocycles. The van der Waals surface area contributed by atoms with Crippen LogP contribution in [0.5, 0.6) is 0 Å². The van der Waals surface area contributed by atoms with E-state index in [1.54, 1.807) is 6.92 Å². The molecule has 0 aliphatic carbocycles. The van der Waals surface area contributed by atoms with Crippen molar-refractivity contribution in [1.82, 2.24) is 0 Å². The predicted molar refractivity (Wildman–Crippen MR) is 34.0 cm³/mol. The molecule has 44 valence electrons. The Bertz CT molecular complexity index is 116. The number of hydrogen-bond donors (Lipinski definition) is 2. The zero-order valence-corrected chi connectivity index (χ0v) is 4.80. The molecule has 0 aliphatic heterocycles. The van der Waals surface area contributed by atoms with Gasteiger partial charge >= 0.3 is 37.2 Å². The van der Waals surface area contributed by atoms with Crippen LogP contribution in [-0.4, -0.2) is 39.3 Å². The maximum atomic E-state index is 9.84. The van der Waals surface area contributed by atoms with Crippen molar-refractivity contribution in [2.45, 2.75) is 6.92 Å². The number of hydrogen-bond acceptors (Lipinski definition) is 1. The summed E-state index contributed by atoms with van der Waals surface area (Å²) in [6, 6.07) is 0. The Morgan fingerprint density at radius 3 is 1.88 bits per heavy atom. The van der Waals surface area contributed by atoms with Crippen LogP contribution in [0.15, 0.2) is 11.9 Å². The van der Waals surface area contributed by atoms with E-state index in [0.29, 0.717) is 0 Å². The van der Waals surface area contributed by atoms with Gasteiger partial charge in [-0.05, 0) is 6.92 Å². The molecule has 0 aromatic heterocycles. The van der Waals surface area contributed by atoms with Crippen molar-refractivity contribution >= 4 is 37.2 Å². The Balaban J connectivity index is 0. The molecule has 0 aromatic carbocycles. The van der Waals surface area contributed by atoms with Crippen molar-refractivity contribution in [2.24, 2.45) is 0 Å². The summed E-state index contributed by atoms with van der Waals surface area (Å²) in [7, 11) is -3.85. The van der Waals surface area contributed by atoms with Crippen LogP contribution in [0.1, 0.15) is 6.92 Å². The fraction of sp³-hybridized carbons (Fsp3) is 0.333. The first-order chi connectivity index (χ1) is 3.06. The average Bonchev–Trinajstić information content (AvgIpc) is 1.30. The van der Waals surface area contributed by atoms with E-state index in [-0.39, 0.29) is 29.6 Å². The quantitative estimate of drug-likeness (QED) is 0.406. The molecule has 0 bridgehead atoms. The molecule has 0 aromatic rings. The predicted octanol–water partition coefficient (Wildman–Crippen LogP) is 0.0492. The van der Waals surface area contributed by atoms with Gasteiger partial charge in [0.15, 0.2) is 0 Å². The molecule has 2 N–H and O–H groups in total. The second kappa shape index (κ2) is 4.74. The van der Waals surface area contributed by atoms with E-state index in [2.05, 4.69) is 0 Å². The Morgan fingerprint density at radius 1 is 1.50 bits per heavy atom. The van der Waals surface area contributed by atoms with E-state index in [0.717, 1.165) is 5.82 Å². The molecule has 0 aliphatic rings. The van der Waals surface area contributed by atoms with Gasteiger partial charge in [-0.3, -0.25) is 4.57 Å². The van der Waals surface area contributed by atoms with E-state index in [4.69, 9.17) is 9.79 Å². The Morgan fingerprint density at radius 2 is 1.88 bits per heavy atom. The van der Waals surface area contributed by atoms with Gasteiger partial charge in [-0.2, -0.15) is 0 Å². The molecule has 0 fully saturated rings. The van der Waals surface area contributed by atoms with Crippen LogP contribution in [0.2, 0.25) is 0 Å². The van der Waals surface area contributed by atoms with E-state index in [1.165, 1.54) is 6.08 Å². The topological polar surface area (TPSA) is 57.5 Å². The van der Waals surface area contributed by atoms with Crippen LogP contribution in [0, 0.1) is 0 Å². The van der Waals surface area contributed by atoms with Crippen LogP contribution in [0.4, 0.5) is 0 Å². The first-order valence-corrected chi connectivity index (χ1v) is 3.43. The molecule has 0 rings (SSSR count). The van der Waals surface area contributed by atoms with Gasteiger partial charge in [0, 0.05) is 5.82 Å². The van der Waals surface area contributed by atoms with Crippen LogP contribution in [-0.2, 0) is 4.57 Å². The zero-order valence-electron chi connectivity index (χ0n) is 3.90. The second-order valence-electron chi connectivity index (χ2n) is 1.07. The van der Waals surface area contributed by atoms with E-state index >= 15 is 0 Å². The second-order valence-corrected chi connectivity index (χ2v) is 2.55. The van der Waals surface area contributed by atoms with E-state index in [9.17, 15) is 4.57 Å². The minimum atomic E-state index is -3.85. The third-order valence-electron chi connectivity index (χ3n) is 0.343. The minimum absolute atomic E-state index is 0. The summed E-state index contributed by atoms with van der Waals surface area (Å²) in [6.45, 7) is 1.55. The van der Waals surface area contributed by atoms with Gasteiger partial charge in [-0.1, -0.05) is 6.08 Å². The molecule has 3 nitrogen and oxygen atoms in total. The van der Waals surface area contributed by atoms with Crippen molar-refractivity contribution in [3.8, 4) is 0 Å². The van der Waals surface area contributed by atoms with Gasteiger partial charge in [0.05, 0.1) is 0 Å². The molecule has 0 atom stereocenters. The van der Waals surface area contributed by atoms with Gasteiger partial charge in [-0.25, -0.2) is 0 Å². The van der Waals surface area contributed by atoms with Crippen LogP contribution in [0.25, 0.3) is 0 Å². The van der Waals surface area contributed by atoms with Crippen LogP contribution < -0.4 is 0 Å². The van der Waals surface area contributed by atoms with Crippen molar-refractivity contribution in [2.75, 3.05) is 0 Å². The maximum absolute atomic E-state index is 9.84. The Kier molecular flexibility index (Phi) is 6.91. The molecule has 5 heteroatoms. The zero-order chi connectivity index (χ0) is 5.91. The Hall–Kier alpha value is 0.890. The summed E-state index contributed by atoms with van der Waals surface area (Å²) < 4.78 is 9.84. The summed E-state index contributed by atoms with van der Waals surface area (Å²) in [5, 5.41) is 0. The number of rotatable bonds is 1. The molecule has 0 unspecified atom stereocenters. The molecule has 0 radical (unpaired) electrons. The third kappa shape index (κ3) is 10.00. The summed E-state index contributed by atoms with van der Waals surface area (Å²) in [5.74, 6) is 0.854. The third-order valence-corrected chi connectivity index (χ3v) is 1.03. The van der Waals surface area contributed by atoms with E-state index in [1.807, 2.05) is 0 Å². The molecular formula is C3H8NaO3P. The van der Waals surface area contributed by atoms with Crippen molar-refractivity contribution < 1.29 is 14.4 Å². The average molecular weight is 146 g/mol. The molecular weight excluding hydrogens is 138 g/mol. The van der Waals surface area contributed by atoms with E-state index < -0.39 is 7.60 Å². The molecule has 0 spiro atoms. The first kappa shape index (κ1) is 11.7. The number of allylic oxidation sites excluding steroid dienone is 1. The van der Waals surface area contributed by atoms with Crippen molar-refractivity contribution in [3.05, 3.63) is 11.9 Å². The van der Waals surface area contributed by atoms with Gasteiger partial charge in [0.1, 0.15) is 0 Å². The monoisotopic (exact) mass is 146 g/mol. The summed E-state index contributed by atoms with van der Waals surface area (Å²) in [4.78, 5) is 16.1. The standard InChI is InChI=1S/C3H7O3P.Na.H/c1-2-3-7(4,5)6;;/h2-3H,1H3,(H2,4,5,6);;. The van der Waals surface area contributed by atoms with Gasteiger partial charge < -0.3 is 9.79 Å². The fourth-order valence-corrected chi connectivity index (χ4v) is 0.583. The summed E-state index contributed by atoms with van der Waals surface area (Å²) in [5.41, 5.74) is 0.